The molecule has 1 aliphatic rings. The van der Waals surface area contributed by atoms with Crippen molar-refractivity contribution in [2.24, 2.45) is 0 Å². The number of nitrogens with zero attached hydrogens (tertiary/aromatic N) is 5. The Bertz CT molecular complexity index is 624. The maximum absolute atomic E-state index is 4.67. The van der Waals surface area contributed by atoms with E-state index < -0.39 is 0 Å². The van der Waals surface area contributed by atoms with Crippen molar-refractivity contribution in [1.82, 2.24) is 15.0 Å². The number of thiazole rings is 1. The van der Waals surface area contributed by atoms with Crippen LogP contribution in [0.3, 0.4) is 0 Å². The van der Waals surface area contributed by atoms with Crippen LogP contribution in [0.2, 0.25) is 0 Å². The third-order valence-electron chi connectivity index (χ3n) is 3.72. The molecule has 0 saturated carbocycles. The van der Waals surface area contributed by atoms with Gasteiger partial charge < -0.3 is 9.80 Å². The van der Waals surface area contributed by atoms with E-state index in [0.29, 0.717) is 0 Å². The lowest BCUT2D eigenvalue weighted by molar-refractivity contribution is 0.786. The maximum atomic E-state index is 4.67. The van der Waals surface area contributed by atoms with E-state index in [1.165, 1.54) is 0 Å². The number of anilines is 2. The minimum Gasteiger partial charge on any atom is -0.353 e. The molecule has 1 aliphatic heterocycles. The van der Waals surface area contributed by atoms with E-state index in [-0.39, 0.29) is 0 Å². The molecule has 0 radical (unpaired) electrons. The molecule has 0 N–H and O–H groups in total. The molecule has 3 heterocycles. The van der Waals surface area contributed by atoms with Crippen LogP contribution in [0.1, 0.15) is 23.5 Å². The van der Waals surface area contributed by atoms with Crippen molar-refractivity contribution >= 4 is 22.3 Å². The number of aryl methyl sites for hydroxylation is 3. The second-order valence-corrected chi connectivity index (χ2v) is 6.36. The summed E-state index contributed by atoms with van der Waals surface area (Å²) in [6.07, 6.45) is 2.95. The monoisotopic (exact) mass is 303 g/mol. The normalized spacial score (nSPS) is 16.1. The Morgan fingerprint density at radius 1 is 0.952 bits per heavy atom. The van der Waals surface area contributed by atoms with Crippen LogP contribution in [0.25, 0.3) is 0 Å². The first-order chi connectivity index (χ1) is 10.1. The van der Waals surface area contributed by atoms with E-state index in [4.69, 9.17) is 0 Å². The summed E-state index contributed by atoms with van der Waals surface area (Å²) in [5.74, 6) is 1.03. The van der Waals surface area contributed by atoms with Gasteiger partial charge in [-0.15, -0.1) is 11.3 Å². The molecule has 1 saturated heterocycles. The van der Waals surface area contributed by atoms with Crippen LogP contribution in [0, 0.1) is 20.8 Å². The molecule has 112 valence electrons. The number of hydrogen-bond donors (Lipinski definition) is 0. The Balaban J connectivity index is 1.75. The Hall–Kier alpha value is -1.69. The predicted octanol–water partition coefficient (Wildman–Crippen LogP) is 2.58. The third-order valence-corrected chi connectivity index (χ3v) is 4.74. The molecule has 2 aromatic rings. The quantitative estimate of drug-likeness (QED) is 0.853. The molecule has 0 aromatic carbocycles. The predicted molar refractivity (Wildman–Crippen MR) is 87.4 cm³/mol. The van der Waals surface area contributed by atoms with Crippen LogP contribution in [0.5, 0.6) is 0 Å². The molecular weight excluding hydrogens is 282 g/mol. The largest absolute Gasteiger partial charge is 0.353 e. The van der Waals surface area contributed by atoms with Crippen LogP contribution in [-0.2, 0) is 0 Å². The smallest absolute Gasteiger partial charge is 0.185 e. The topological polar surface area (TPSA) is 45.2 Å². The molecule has 0 aliphatic carbocycles. The van der Waals surface area contributed by atoms with Crippen molar-refractivity contribution in [2.75, 3.05) is 36.0 Å². The highest BCUT2D eigenvalue weighted by molar-refractivity contribution is 7.13. The molecule has 5 nitrogen and oxygen atoms in total. The van der Waals surface area contributed by atoms with Gasteiger partial charge in [0.2, 0.25) is 0 Å². The Kier molecular flexibility index (Phi) is 4.05. The molecule has 2 aromatic heterocycles. The van der Waals surface area contributed by atoms with Gasteiger partial charge in [0, 0.05) is 37.8 Å². The third kappa shape index (κ3) is 3.15. The fourth-order valence-corrected chi connectivity index (χ4v) is 3.49. The van der Waals surface area contributed by atoms with Crippen LogP contribution in [-0.4, -0.2) is 41.1 Å². The van der Waals surface area contributed by atoms with Crippen molar-refractivity contribution in [3.8, 4) is 0 Å². The minimum absolute atomic E-state index is 0.970. The van der Waals surface area contributed by atoms with Crippen molar-refractivity contribution in [3.05, 3.63) is 28.7 Å². The fraction of sp³-hybridized carbons (Fsp3) is 0.533. The average molecular weight is 303 g/mol. The first-order valence-electron chi connectivity index (χ1n) is 7.36. The lowest BCUT2D eigenvalue weighted by Gasteiger charge is -2.23. The van der Waals surface area contributed by atoms with Crippen molar-refractivity contribution in [1.29, 1.82) is 0 Å². The molecule has 0 bridgehead atoms. The minimum atomic E-state index is 0.970. The summed E-state index contributed by atoms with van der Waals surface area (Å²) in [6, 6.07) is 0. The molecular formula is C15H21N5S. The second-order valence-electron chi connectivity index (χ2n) is 5.52. The first-order valence-corrected chi connectivity index (χ1v) is 8.24. The standard InChI is InChI=1S/C15H21N5S/c1-11-9-16-13(3)14(17-11)19-5-4-6-20(8-7-19)15-18-12(2)10-21-15/h9-10H,4-8H2,1-3H3. The molecule has 0 unspecified atom stereocenters. The molecule has 1 fully saturated rings. The highest BCUT2D eigenvalue weighted by Crippen LogP contribution is 2.23. The zero-order chi connectivity index (χ0) is 14.8. The van der Waals surface area contributed by atoms with Crippen LogP contribution in [0.4, 0.5) is 10.9 Å². The molecule has 6 heteroatoms. The van der Waals surface area contributed by atoms with Crippen molar-refractivity contribution in [3.63, 3.8) is 0 Å². The zero-order valence-electron chi connectivity index (χ0n) is 12.8. The van der Waals surface area contributed by atoms with Crippen LogP contribution < -0.4 is 9.80 Å². The lowest BCUT2D eigenvalue weighted by Crippen LogP contribution is -2.31. The van der Waals surface area contributed by atoms with Crippen LogP contribution >= 0.6 is 11.3 Å². The van der Waals surface area contributed by atoms with Gasteiger partial charge in [-0.3, -0.25) is 4.98 Å². The molecule has 0 spiro atoms. The van der Waals surface area contributed by atoms with Gasteiger partial charge in [-0.1, -0.05) is 0 Å². The van der Waals surface area contributed by atoms with Crippen molar-refractivity contribution < 1.29 is 0 Å². The summed E-state index contributed by atoms with van der Waals surface area (Å²) in [4.78, 5) is 18.5. The zero-order valence-corrected chi connectivity index (χ0v) is 13.7. The van der Waals surface area contributed by atoms with E-state index in [1.54, 1.807) is 11.3 Å². The number of aromatic nitrogens is 3. The van der Waals surface area contributed by atoms with Gasteiger partial charge in [-0.2, -0.15) is 0 Å². The van der Waals surface area contributed by atoms with Gasteiger partial charge in [0.05, 0.1) is 17.1 Å². The molecule has 0 atom stereocenters. The summed E-state index contributed by atoms with van der Waals surface area (Å²) >= 11 is 1.74. The van der Waals surface area contributed by atoms with E-state index in [9.17, 15) is 0 Å². The van der Waals surface area contributed by atoms with Crippen LogP contribution in [0.15, 0.2) is 11.6 Å². The highest BCUT2D eigenvalue weighted by atomic mass is 32.1. The van der Waals surface area contributed by atoms with Gasteiger partial charge in [0.25, 0.3) is 0 Å². The lowest BCUT2D eigenvalue weighted by atomic mass is 10.3. The fourth-order valence-electron chi connectivity index (χ4n) is 2.63. The SMILES string of the molecule is Cc1csc(N2CCCN(c3nc(C)cnc3C)CC2)n1. The Labute approximate surface area is 129 Å². The van der Waals surface area contributed by atoms with E-state index in [2.05, 4.69) is 37.1 Å². The Morgan fingerprint density at radius 2 is 1.71 bits per heavy atom. The molecule has 0 amide bonds. The maximum Gasteiger partial charge on any atom is 0.185 e. The molecule has 3 rings (SSSR count). The highest BCUT2D eigenvalue weighted by Gasteiger charge is 2.19. The Morgan fingerprint density at radius 3 is 2.48 bits per heavy atom. The van der Waals surface area contributed by atoms with Gasteiger partial charge in [0.15, 0.2) is 5.13 Å². The summed E-state index contributed by atoms with van der Waals surface area (Å²) < 4.78 is 0. The number of hydrogen-bond acceptors (Lipinski definition) is 6. The van der Waals surface area contributed by atoms with Gasteiger partial charge in [-0.05, 0) is 27.2 Å². The number of rotatable bonds is 2. The summed E-state index contributed by atoms with van der Waals surface area (Å²) in [5.41, 5.74) is 3.10. The van der Waals surface area contributed by atoms with E-state index in [1.807, 2.05) is 20.0 Å². The molecule has 21 heavy (non-hydrogen) atoms. The summed E-state index contributed by atoms with van der Waals surface area (Å²) in [7, 11) is 0. The second kappa shape index (κ2) is 5.97. The summed E-state index contributed by atoms with van der Waals surface area (Å²) in [5, 5.41) is 3.26. The average Bonchev–Trinajstić information content (AvgIpc) is 2.75. The summed E-state index contributed by atoms with van der Waals surface area (Å²) in [6.45, 7) is 10.1. The first kappa shape index (κ1) is 14.3. The van der Waals surface area contributed by atoms with E-state index in [0.717, 1.165) is 60.6 Å². The van der Waals surface area contributed by atoms with Gasteiger partial charge in [-0.25, -0.2) is 9.97 Å². The van der Waals surface area contributed by atoms with E-state index >= 15 is 0 Å². The van der Waals surface area contributed by atoms with Crippen molar-refractivity contribution in [2.45, 2.75) is 27.2 Å². The van der Waals surface area contributed by atoms with Gasteiger partial charge in [0.1, 0.15) is 5.82 Å². The van der Waals surface area contributed by atoms with Gasteiger partial charge >= 0.3 is 0 Å².